The Morgan fingerprint density at radius 2 is 1.77 bits per heavy atom. The highest BCUT2D eigenvalue weighted by atomic mass is 19.4. The van der Waals surface area contributed by atoms with E-state index >= 15 is 0 Å². The smallest absolute Gasteiger partial charge is 0.383 e. The maximum atomic E-state index is 13.1. The zero-order valence-electron chi connectivity index (χ0n) is 19.2. The number of halogens is 3. The largest absolute Gasteiger partial charge is 0.401 e. The predicted molar refractivity (Wildman–Crippen MR) is 130 cm³/mol. The lowest BCUT2D eigenvalue weighted by Crippen LogP contribution is -2.40. The average molecular weight is 481 g/mol. The van der Waals surface area contributed by atoms with Crippen molar-refractivity contribution in [3.05, 3.63) is 71.4 Å². The molecule has 3 heterocycles. The van der Waals surface area contributed by atoms with Gasteiger partial charge >= 0.3 is 6.18 Å². The van der Waals surface area contributed by atoms with Gasteiger partial charge in [-0.3, -0.25) is 9.69 Å². The Bertz CT molecular complexity index is 1240. The molecule has 5 nitrogen and oxygen atoms in total. The van der Waals surface area contributed by atoms with Crippen LogP contribution in [0.15, 0.2) is 54.7 Å². The van der Waals surface area contributed by atoms with Crippen LogP contribution >= 0.6 is 0 Å². The fourth-order valence-electron chi connectivity index (χ4n) is 5.15. The summed E-state index contributed by atoms with van der Waals surface area (Å²) in [4.78, 5) is 18.0. The lowest BCUT2D eigenvalue weighted by Gasteiger charge is -2.36. The van der Waals surface area contributed by atoms with E-state index in [2.05, 4.69) is 10.3 Å². The summed E-state index contributed by atoms with van der Waals surface area (Å²) in [6.45, 7) is 0.184. The van der Waals surface area contributed by atoms with E-state index in [0.717, 1.165) is 59.1 Å². The summed E-state index contributed by atoms with van der Waals surface area (Å²) >= 11 is 0. The van der Waals surface area contributed by atoms with Gasteiger partial charge in [-0.05, 0) is 60.2 Å². The van der Waals surface area contributed by atoms with E-state index < -0.39 is 12.7 Å². The number of carbonyl (C=O) groups excluding carboxylic acids is 1. The standard InChI is InChI=1S/C27H27F3N4O/c28-27(29,30)16-34-12-2-1-3-24(34)18-6-4-17(5-7-18)21-14-23(25(31)33-15-21)19-8-9-22-20(13-19)10-11-32-26(22)35/h4-9,13-15,24H,1-3,10-12,16H2,(H2,31,33)(H,32,35). The number of likely N-dealkylation sites (tertiary alicyclic amines) is 1. The number of benzene rings is 2. The van der Waals surface area contributed by atoms with Crippen molar-refractivity contribution in [3.63, 3.8) is 0 Å². The molecule has 3 N–H and O–H groups in total. The number of carbonyl (C=O) groups is 1. The summed E-state index contributed by atoms with van der Waals surface area (Å²) in [7, 11) is 0. The van der Waals surface area contributed by atoms with Gasteiger partial charge in [0.25, 0.3) is 5.91 Å². The number of hydrogen-bond acceptors (Lipinski definition) is 4. The first-order valence-corrected chi connectivity index (χ1v) is 11.9. The minimum atomic E-state index is -4.21. The summed E-state index contributed by atoms with van der Waals surface area (Å²) in [6.07, 6.45) is 0.694. The minimum absolute atomic E-state index is 0.0653. The molecule has 1 unspecified atom stereocenters. The van der Waals surface area contributed by atoms with E-state index in [1.165, 1.54) is 4.90 Å². The monoisotopic (exact) mass is 480 g/mol. The normalized spacial score (nSPS) is 18.7. The number of aromatic nitrogens is 1. The molecule has 2 aromatic carbocycles. The second kappa shape index (κ2) is 9.34. The van der Waals surface area contributed by atoms with Gasteiger partial charge in [0.15, 0.2) is 0 Å². The van der Waals surface area contributed by atoms with Crippen molar-refractivity contribution in [2.45, 2.75) is 37.9 Å². The first-order valence-electron chi connectivity index (χ1n) is 11.9. The van der Waals surface area contributed by atoms with Crippen LogP contribution in [0, 0.1) is 0 Å². The third-order valence-electron chi connectivity index (χ3n) is 6.88. The van der Waals surface area contributed by atoms with Crippen LogP contribution in [-0.2, 0) is 6.42 Å². The molecule has 0 saturated carbocycles. The molecule has 3 aromatic rings. The second-order valence-electron chi connectivity index (χ2n) is 9.25. The molecule has 35 heavy (non-hydrogen) atoms. The maximum absolute atomic E-state index is 13.1. The number of nitrogen functional groups attached to an aromatic ring is 1. The Labute approximate surface area is 202 Å². The van der Waals surface area contributed by atoms with Crippen molar-refractivity contribution in [3.8, 4) is 22.3 Å². The molecule has 0 bridgehead atoms. The molecule has 8 heteroatoms. The molecular weight excluding hydrogens is 453 g/mol. The summed E-state index contributed by atoms with van der Waals surface area (Å²) in [5, 5.41) is 2.85. The predicted octanol–water partition coefficient (Wildman–Crippen LogP) is 5.37. The molecule has 1 atom stereocenters. The summed E-state index contributed by atoms with van der Waals surface area (Å²) in [5.74, 6) is 0.333. The second-order valence-corrected chi connectivity index (χ2v) is 9.25. The summed E-state index contributed by atoms with van der Waals surface area (Å²) in [6, 6.07) is 15.1. The summed E-state index contributed by atoms with van der Waals surface area (Å²) in [5.41, 5.74) is 12.2. The Kier molecular flexibility index (Phi) is 6.23. The number of alkyl halides is 3. The van der Waals surface area contributed by atoms with Crippen LogP contribution in [0.4, 0.5) is 19.0 Å². The van der Waals surface area contributed by atoms with E-state index in [1.54, 1.807) is 6.20 Å². The molecular formula is C27H27F3N4O. The van der Waals surface area contributed by atoms with E-state index in [9.17, 15) is 18.0 Å². The average Bonchev–Trinajstić information content (AvgIpc) is 2.84. The number of anilines is 1. The maximum Gasteiger partial charge on any atom is 0.401 e. The number of piperidine rings is 1. The number of nitrogens with two attached hydrogens (primary N) is 1. The van der Waals surface area contributed by atoms with Crippen LogP contribution in [-0.4, -0.2) is 41.6 Å². The Morgan fingerprint density at radius 3 is 2.54 bits per heavy atom. The van der Waals surface area contributed by atoms with Crippen LogP contribution in [0.2, 0.25) is 0 Å². The van der Waals surface area contributed by atoms with Gasteiger partial charge in [-0.2, -0.15) is 13.2 Å². The molecule has 2 aliphatic rings. The van der Waals surface area contributed by atoms with Gasteiger partial charge in [-0.1, -0.05) is 42.8 Å². The van der Waals surface area contributed by atoms with Gasteiger partial charge in [0, 0.05) is 35.5 Å². The molecule has 182 valence electrons. The molecule has 2 aliphatic heterocycles. The number of nitrogens with zero attached hydrogens (tertiary/aromatic N) is 2. The fraction of sp³-hybridized carbons (Fsp3) is 0.333. The highest BCUT2D eigenvalue weighted by Gasteiger charge is 2.35. The number of pyridine rings is 1. The highest BCUT2D eigenvalue weighted by Crippen LogP contribution is 2.35. The van der Waals surface area contributed by atoms with E-state index in [-0.39, 0.29) is 11.9 Å². The van der Waals surface area contributed by atoms with Crippen LogP contribution < -0.4 is 11.1 Å². The number of hydrogen-bond donors (Lipinski definition) is 2. The third kappa shape index (κ3) is 5.03. The van der Waals surface area contributed by atoms with Crippen molar-refractivity contribution in [2.24, 2.45) is 0 Å². The molecule has 1 saturated heterocycles. The molecule has 1 fully saturated rings. The van der Waals surface area contributed by atoms with E-state index in [1.807, 2.05) is 48.5 Å². The van der Waals surface area contributed by atoms with Gasteiger partial charge in [-0.25, -0.2) is 4.98 Å². The lowest BCUT2D eigenvalue weighted by molar-refractivity contribution is -0.153. The fourth-order valence-corrected chi connectivity index (χ4v) is 5.15. The van der Waals surface area contributed by atoms with E-state index in [0.29, 0.717) is 24.5 Å². The van der Waals surface area contributed by atoms with Crippen molar-refractivity contribution in [1.29, 1.82) is 0 Å². The lowest BCUT2D eigenvalue weighted by atomic mass is 9.92. The van der Waals surface area contributed by atoms with Crippen molar-refractivity contribution in [2.75, 3.05) is 25.4 Å². The van der Waals surface area contributed by atoms with E-state index in [4.69, 9.17) is 5.73 Å². The summed E-state index contributed by atoms with van der Waals surface area (Å²) < 4.78 is 39.2. The Morgan fingerprint density at radius 1 is 1.00 bits per heavy atom. The first kappa shape index (κ1) is 23.4. The topological polar surface area (TPSA) is 71.2 Å². The van der Waals surface area contributed by atoms with Gasteiger partial charge in [0.1, 0.15) is 5.82 Å². The molecule has 0 aliphatic carbocycles. The molecule has 1 aromatic heterocycles. The van der Waals surface area contributed by atoms with Crippen molar-refractivity contribution in [1.82, 2.24) is 15.2 Å². The van der Waals surface area contributed by atoms with Gasteiger partial charge < -0.3 is 11.1 Å². The van der Waals surface area contributed by atoms with Crippen molar-refractivity contribution >= 4 is 11.7 Å². The molecule has 0 spiro atoms. The quantitative estimate of drug-likeness (QED) is 0.527. The highest BCUT2D eigenvalue weighted by molar-refractivity contribution is 5.97. The number of nitrogens with one attached hydrogen (secondary N) is 1. The minimum Gasteiger partial charge on any atom is -0.383 e. The number of rotatable bonds is 4. The SMILES string of the molecule is Nc1ncc(-c2ccc(C3CCCCN3CC(F)(F)F)cc2)cc1-c1ccc2c(c1)CCNC2=O. The molecule has 0 radical (unpaired) electrons. The Hall–Kier alpha value is -3.39. The van der Waals surface area contributed by atoms with Gasteiger partial charge in [0.2, 0.25) is 0 Å². The number of amides is 1. The van der Waals surface area contributed by atoms with Crippen molar-refractivity contribution < 1.29 is 18.0 Å². The zero-order valence-corrected chi connectivity index (χ0v) is 19.2. The van der Waals surface area contributed by atoms with Gasteiger partial charge in [-0.15, -0.1) is 0 Å². The third-order valence-corrected chi connectivity index (χ3v) is 6.88. The number of fused-ring (bicyclic) bond motifs is 1. The van der Waals surface area contributed by atoms with Crippen LogP contribution in [0.25, 0.3) is 22.3 Å². The molecule has 5 rings (SSSR count). The Balaban J connectivity index is 1.41. The van der Waals surface area contributed by atoms with Crippen LogP contribution in [0.3, 0.4) is 0 Å². The molecule has 1 amide bonds. The van der Waals surface area contributed by atoms with Crippen LogP contribution in [0.5, 0.6) is 0 Å². The zero-order chi connectivity index (χ0) is 24.6. The first-order chi connectivity index (χ1) is 16.8. The van der Waals surface area contributed by atoms with Gasteiger partial charge in [0.05, 0.1) is 6.54 Å². The van der Waals surface area contributed by atoms with Crippen LogP contribution in [0.1, 0.15) is 46.8 Å².